The standard InChI is InChI=1S/C30H32N6O2S/c1-38-24-13-14-27-22(18-24)19-26(30(37)31-27)28(29-32-33-34-36(29)23-10-5-6-11-23)35(20-25-12-7-17-39-25)16-15-21-8-3-2-4-9-21/h2-4,7-9,12-14,17-19,23,28H,5-6,10-11,15-16,20H2,1H3,(H,31,37). The van der Waals surface area contributed by atoms with Gasteiger partial charge in [-0.25, -0.2) is 4.68 Å². The molecule has 0 amide bonds. The zero-order chi connectivity index (χ0) is 26.6. The number of thiophene rings is 1. The molecule has 1 N–H and O–H groups in total. The van der Waals surface area contributed by atoms with Crippen LogP contribution in [0.3, 0.4) is 0 Å². The SMILES string of the molecule is COc1ccc2[nH]c(=O)c(C(c3nnnn3C3CCCC3)N(CCc3ccccc3)Cc3cccs3)cc2c1. The molecule has 1 unspecified atom stereocenters. The Bertz CT molecular complexity index is 1570. The van der Waals surface area contributed by atoms with Crippen molar-refractivity contribution in [3.8, 4) is 5.75 Å². The molecule has 39 heavy (non-hydrogen) atoms. The lowest BCUT2D eigenvalue weighted by atomic mass is 10.0. The van der Waals surface area contributed by atoms with Crippen molar-refractivity contribution in [3.63, 3.8) is 0 Å². The van der Waals surface area contributed by atoms with E-state index in [2.05, 4.69) is 67.2 Å². The fourth-order valence-corrected chi connectivity index (χ4v) is 6.37. The van der Waals surface area contributed by atoms with Crippen LogP contribution in [-0.2, 0) is 13.0 Å². The predicted molar refractivity (Wildman–Crippen MR) is 153 cm³/mol. The average Bonchev–Trinajstić information content (AvgIpc) is 3.76. The number of ether oxygens (including phenoxy) is 1. The summed E-state index contributed by atoms with van der Waals surface area (Å²) in [5.74, 6) is 1.46. The van der Waals surface area contributed by atoms with Crippen molar-refractivity contribution in [1.29, 1.82) is 0 Å². The molecule has 1 fully saturated rings. The third-order valence-corrected chi connectivity index (χ3v) is 8.50. The Morgan fingerprint density at radius 3 is 2.72 bits per heavy atom. The van der Waals surface area contributed by atoms with Crippen molar-refractivity contribution in [2.75, 3.05) is 13.7 Å². The van der Waals surface area contributed by atoms with E-state index < -0.39 is 6.04 Å². The van der Waals surface area contributed by atoms with Crippen LogP contribution in [0, 0.1) is 0 Å². The first kappa shape index (κ1) is 25.5. The van der Waals surface area contributed by atoms with Gasteiger partial charge in [0, 0.05) is 34.4 Å². The monoisotopic (exact) mass is 540 g/mol. The summed E-state index contributed by atoms with van der Waals surface area (Å²) in [5.41, 5.74) is 2.52. The summed E-state index contributed by atoms with van der Waals surface area (Å²) in [4.78, 5) is 20.4. The van der Waals surface area contributed by atoms with Crippen LogP contribution >= 0.6 is 11.3 Å². The van der Waals surface area contributed by atoms with Gasteiger partial charge in [-0.3, -0.25) is 9.69 Å². The van der Waals surface area contributed by atoms with E-state index in [9.17, 15) is 4.79 Å². The van der Waals surface area contributed by atoms with Gasteiger partial charge in [0.15, 0.2) is 5.82 Å². The molecule has 5 aromatic rings. The minimum absolute atomic E-state index is 0.130. The second-order valence-corrected chi connectivity index (χ2v) is 11.1. The molecule has 0 spiro atoms. The third kappa shape index (κ3) is 5.51. The van der Waals surface area contributed by atoms with Gasteiger partial charge in [-0.1, -0.05) is 49.2 Å². The first-order valence-electron chi connectivity index (χ1n) is 13.5. The van der Waals surface area contributed by atoms with Gasteiger partial charge in [-0.15, -0.1) is 16.4 Å². The lowest BCUT2D eigenvalue weighted by Gasteiger charge is -2.31. The summed E-state index contributed by atoms with van der Waals surface area (Å²) in [7, 11) is 1.65. The molecule has 1 aliphatic rings. The van der Waals surface area contributed by atoms with Crippen molar-refractivity contribution in [1.82, 2.24) is 30.1 Å². The third-order valence-electron chi connectivity index (χ3n) is 7.64. The van der Waals surface area contributed by atoms with E-state index in [4.69, 9.17) is 4.74 Å². The van der Waals surface area contributed by atoms with Crippen LogP contribution in [0.1, 0.15) is 59.6 Å². The summed E-state index contributed by atoms with van der Waals surface area (Å²) in [6.07, 6.45) is 5.26. The van der Waals surface area contributed by atoms with Crippen LogP contribution < -0.4 is 10.3 Å². The molecule has 0 aliphatic heterocycles. The van der Waals surface area contributed by atoms with Gasteiger partial charge in [0.2, 0.25) is 0 Å². The van der Waals surface area contributed by atoms with Crippen LogP contribution in [0.5, 0.6) is 5.75 Å². The number of nitrogens with one attached hydrogen (secondary N) is 1. The number of aromatic amines is 1. The summed E-state index contributed by atoms with van der Waals surface area (Å²) in [6.45, 7) is 1.42. The summed E-state index contributed by atoms with van der Waals surface area (Å²) < 4.78 is 7.46. The molecule has 1 aliphatic carbocycles. The number of aromatic nitrogens is 5. The molecule has 2 aromatic carbocycles. The minimum atomic E-state index is -0.425. The van der Waals surface area contributed by atoms with Crippen molar-refractivity contribution < 1.29 is 4.74 Å². The highest BCUT2D eigenvalue weighted by Crippen LogP contribution is 2.35. The maximum Gasteiger partial charge on any atom is 0.253 e. The topological polar surface area (TPSA) is 88.9 Å². The smallest absolute Gasteiger partial charge is 0.253 e. The largest absolute Gasteiger partial charge is 0.497 e. The molecule has 3 aromatic heterocycles. The highest BCUT2D eigenvalue weighted by atomic mass is 32.1. The number of hydrogen-bond donors (Lipinski definition) is 1. The number of nitrogens with zero attached hydrogens (tertiary/aromatic N) is 5. The molecule has 9 heteroatoms. The van der Waals surface area contributed by atoms with Crippen molar-refractivity contribution in [2.24, 2.45) is 0 Å². The Kier molecular flexibility index (Phi) is 7.51. The lowest BCUT2D eigenvalue weighted by molar-refractivity contribution is 0.203. The summed E-state index contributed by atoms with van der Waals surface area (Å²) in [5, 5.41) is 16.2. The zero-order valence-electron chi connectivity index (χ0n) is 22.0. The molecule has 6 rings (SSSR count). The normalized spacial score (nSPS) is 14.8. The van der Waals surface area contributed by atoms with Crippen LogP contribution in [-0.4, -0.2) is 43.7 Å². The number of benzene rings is 2. The predicted octanol–water partition coefficient (Wildman–Crippen LogP) is 5.53. The van der Waals surface area contributed by atoms with Gasteiger partial charge < -0.3 is 9.72 Å². The molecule has 1 saturated carbocycles. The number of fused-ring (bicyclic) bond motifs is 1. The van der Waals surface area contributed by atoms with Gasteiger partial charge in [0.25, 0.3) is 5.56 Å². The Morgan fingerprint density at radius 2 is 1.95 bits per heavy atom. The maximum absolute atomic E-state index is 13.7. The highest BCUT2D eigenvalue weighted by molar-refractivity contribution is 7.09. The average molecular weight is 541 g/mol. The van der Waals surface area contributed by atoms with Gasteiger partial charge in [0.1, 0.15) is 11.8 Å². The van der Waals surface area contributed by atoms with E-state index in [0.717, 1.165) is 61.1 Å². The number of pyridine rings is 1. The fourth-order valence-electron chi connectivity index (χ4n) is 5.64. The number of methoxy groups -OCH3 is 1. The Balaban J connectivity index is 1.49. The van der Waals surface area contributed by atoms with Gasteiger partial charge >= 0.3 is 0 Å². The van der Waals surface area contributed by atoms with Crippen LogP contribution in [0.25, 0.3) is 10.9 Å². The van der Waals surface area contributed by atoms with E-state index >= 15 is 0 Å². The molecule has 8 nitrogen and oxygen atoms in total. The summed E-state index contributed by atoms with van der Waals surface area (Å²) >= 11 is 1.72. The Labute approximate surface area is 231 Å². The molecule has 0 radical (unpaired) electrons. The van der Waals surface area contributed by atoms with Crippen LogP contribution in [0.4, 0.5) is 0 Å². The van der Waals surface area contributed by atoms with Gasteiger partial charge in [-0.2, -0.15) is 0 Å². The first-order chi connectivity index (χ1) is 19.2. The fraction of sp³-hybridized carbons (Fsp3) is 0.333. The molecule has 0 saturated heterocycles. The Morgan fingerprint density at radius 1 is 1.10 bits per heavy atom. The molecule has 200 valence electrons. The number of tetrazole rings is 1. The molecule has 1 atom stereocenters. The van der Waals surface area contributed by atoms with E-state index in [-0.39, 0.29) is 11.6 Å². The summed E-state index contributed by atoms with van der Waals surface area (Å²) in [6, 6.07) is 22.2. The van der Waals surface area contributed by atoms with Crippen LogP contribution in [0.2, 0.25) is 0 Å². The second-order valence-electron chi connectivity index (χ2n) is 10.1. The van der Waals surface area contributed by atoms with E-state index in [1.54, 1.807) is 18.4 Å². The number of hydrogen-bond acceptors (Lipinski definition) is 7. The van der Waals surface area contributed by atoms with Gasteiger partial charge in [-0.05, 0) is 71.0 Å². The zero-order valence-corrected chi connectivity index (χ0v) is 22.8. The molecular weight excluding hydrogens is 508 g/mol. The van der Waals surface area contributed by atoms with Crippen LogP contribution in [0.15, 0.2) is 76.9 Å². The highest BCUT2D eigenvalue weighted by Gasteiger charge is 2.33. The quantitative estimate of drug-likeness (QED) is 0.250. The van der Waals surface area contributed by atoms with Crippen molar-refractivity contribution in [2.45, 2.75) is 50.7 Å². The van der Waals surface area contributed by atoms with E-state index in [0.29, 0.717) is 12.1 Å². The number of H-pyrrole nitrogens is 1. The maximum atomic E-state index is 13.7. The van der Waals surface area contributed by atoms with Gasteiger partial charge in [0.05, 0.1) is 13.2 Å². The van der Waals surface area contributed by atoms with E-state index in [1.807, 2.05) is 35.0 Å². The number of rotatable bonds is 10. The van der Waals surface area contributed by atoms with Crippen molar-refractivity contribution in [3.05, 3.63) is 104 Å². The molecular formula is C30H32N6O2S. The Hall–Kier alpha value is -3.82. The molecule has 3 heterocycles. The van der Waals surface area contributed by atoms with Crippen molar-refractivity contribution >= 4 is 22.2 Å². The van der Waals surface area contributed by atoms with E-state index in [1.165, 1.54) is 10.4 Å². The lowest BCUT2D eigenvalue weighted by Crippen LogP contribution is -2.36. The second kappa shape index (κ2) is 11.5. The minimum Gasteiger partial charge on any atom is -0.497 e. The molecule has 0 bridgehead atoms. The first-order valence-corrected chi connectivity index (χ1v) is 14.4.